The fourth-order valence-electron chi connectivity index (χ4n) is 3.23. The number of benzene rings is 1. The molecular weight excluding hydrogens is 296 g/mol. The molecule has 3 rings (SSSR count). The monoisotopic (exact) mass is 314 g/mol. The maximum absolute atomic E-state index is 12.0. The van der Waals surface area contributed by atoms with E-state index in [9.17, 15) is 14.4 Å². The average Bonchev–Trinajstić information content (AvgIpc) is 2.53. The number of aromatic amines is 1. The first kappa shape index (κ1) is 15.3. The lowest BCUT2D eigenvalue weighted by molar-refractivity contribution is -0.158. The molecule has 2 atom stereocenters. The van der Waals surface area contributed by atoms with Gasteiger partial charge in [-0.1, -0.05) is 13.0 Å². The van der Waals surface area contributed by atoms with Gasteiger partial charge < -0.3 is 15.0 Å². The van der Waals surface area contributed by atoms with Gasteiger partial charge in [0.25, 0.3) is 0 Å². The first-order valence-electron chi connectivity index (χ1n) is 7.62. The predicted molar refractivity (Wildman–Crippen MR) is 85.1 cm³/mol. The van der Waals surface area contributed by atoms with E-state index in [-0.39, 0.29) is 17.5 Å². The van der Waals surface area contributed by atoms with E-state index >= 15 is 0 Å². The van der Waals surface area contributed by atoms with Crippen LogP contribution in [0.4, 0.5) is 0 Å². The largest absolute Gasteiger partial charge is 0.474 e. The van der Waals surface area contributed by atoms with Crippen molar-refractivity contribution in [3.05, 3.63) is 46.2 Å². The van der Waals surface area contributed by atoms with Gasteiger partial charge in [-0.2, -0.15) is 0 Å². The predicted octanol–water partition coefficient (Wildman–Crippen LogP) is 1.91. The highest BCUT2D eigenvalue weighted by atomic mass is 16.4. The van der Waals surface area contributed by atoms with E-state index in [0.717, 1.165) is 29.3 Å². The molecule has 1 amide bonds. The summed E-state index contributed by atoms with van der Waals surface area (Å²) in [6, 6.07) is 8.50. The number of carboxylic acid groups (broad SMARTS) is 1. The van der Waals surface area contributed by atoms with Crippen LogP contribution < -0.4 is 5.56 Å². The van der Waals surface area contributed by atoms with Crippen LogP contribution in [-0.4, -0.2) is 33.4 Å². The first-order valence-corrected chi connectivity index (χ1v) is 7.62. The molecule has 0 aliphatic carbocycles. The topological polar surface area (TPSA) is 90.5 Å². The van der Waals surface area contributed by atoms with Crippen molar-refractivity contribution in [3.8, 4) is 0 Å². The number of rotatable bonds is 1. The van der Waals surface area contributed by atoms with Crippen LogP contribution in [0.2, 0.25) is 0 Å². The average molecular weight is 314 g/mol. The van der Waals surface area contributed by atoms with Crippen molar-refractivity contribution in [2.45, 2.75) is 25.8 Å². The van der Waals surface area contributed by atoms with Crippen LogP contribution in [0.5, 0.6) is 0 Å². The summed E-state index contributed by atoms with van der Waals surface area (Å²) >= 11 is 0. The second-order valence-electron chi connectivity index (χ2n) is 6.13. The molecule has 1 aliphatic heterocycles. The minimum Gasteiger partial charge on any atom is -0.474 e. The van der Waals surface area contributed by atoms with Gasteiger partial charge in [0.2, 0.25) is 5.56 Å². The quantitative estimate of drug-likeness (QED) is 0.787. The number of likely N-dealkylation sites (tertiary alicyclic amines) is 1. The van der Waals surface area contributed by atoms with Gasteiger partial charge in [-0.25, -0.2) is 4.79 Å². The molecule has 1 saturated heterocycles. The number of aromatic nitrogens is 1. The zero-order valence-electron chi connectivity index (χ0n) is 12.8. The lowest BCUT2D eigenvalue weighted by atomic mass is 9.89. The van der Waals surface area contributed by atoms with Crippen LogP contribution in [0.3, 0.4) is 0 Å². The smallest absolute Gasteiger partial charge is 0.394 e. The van der Waals surface area contributed by atoms with Crippen molar-refractivity contribution < 1.29 is 14.7 Å². The number of nitrogens with one attached hydrogen (secondary N) is 1. The number of nitrogens with zero attached hydrogens (tertiary/aromatic N) is 1. The minimum atomic E-state index is -1.42. The highest BCUT2D eigenvalue weighted by Gasteiger charge is 2.34. The van der Waals surface area contributed by atoms with E-state index < -0.39 is 11.9 Å². The Kier molecular flexibility index (Phi) is 3.90. The molecule has 0 saturated carbocycles. The first-order chi connectivity index (χ1) is 11.0. The number of carboxylic acids is 1. The summed E-state index contributed by atoms with van der Waals surface area (Å²) in [6.45, 7) is 2.46. The highest BCUT2D eigenvalue weighted by Crippen LogP contribution is 2.34. The summed E-state index contributed by atoms with van der Waals surface area (Å²) in [6.07, 6.45) is 1.67. The maximum Gasteiger partial charge on any atom is 0.394 e. The number of amides is 1. The SMILES string of the molecule is CC1CCC(c2ccc3[nH]c(=O)ccc3c2)N(C(=O)C(=O)O)C1. The van der Waals surface area contributed by atoms with Crippen molar-refractivity contribution in [2.24, 2.45) is 5.92 Å². The number of hydrogen-bond donors (Lipinski definition) is 2. The molecule has 2 unspecified atom stereocenters. The van der Waals surface area contributed by atoms with Crippen LogP contribution in [-0.2, 0) is 9.59 Å². The number of H-pyrrole nitrogens is 1. The lowest BCUT2D eigenvalue weighted by Gasteiger charge is -2.38. The third kappa shape index (κ3) is 2.97. The summed E-state index contributed by atoms with van der Waals surface area (Å²) in [5.74, 6) is -2.00. The zero-order valence-corrected chi connectivity index (χ0v) is 12.8. The van der Waals surface area contributed by atoms with Gasteiger partial charge in [0, 0.05) is 18.1 Å². The van der Waals surface area contributed by atoms with E-state index in [4.69, 9.17) is 5.11 Å². The number of fused-ring (bicyclic) bond motifs is 1. The molecule has 6 heteroatoms. The number of aliphatic carboxylic acids is 1. The molecule has 0 bridgehead atoms. The lowest BCUT2D eigenvalue weighted by Crippen LogP contribution is -2.44. The summed E-state index contributed by atoms with van der Waals surface area (Å²) in [5, 5.41) is 9.92. The van der Waals surface area contributed by atoms with Crippen molar-refractivity contribution in [1.29, 1.82) is 0 Å². The fraction of sp³-hybridized carbons (Fsp3) is 0.353. The van der Waals surface area contributed by atoms with Gasteiger partial charge in [0.15, 0.2) is 0 Å². The molecule has 2 aromatic rings. The Morgan fingerprint density at radius 2 is 2.00 bits per heavy atom. The Labute approximate surface area is 132 Å². The Bertz CT molecular complexity index is 827. The van der Waals surface area contributed by atoms with Gasteiger partial charge >= 0.3 is 11.9 Å². The van der Waals surface area contributed by atoms with E-state index in [1.54, 1.807) is 12.1 Å². The van der Waals surface area contributed by atoms with Crippen LogP contribution in [0.1, 0.15) is 31.4 Å². The van der Waals surface area contributed by atoms with Gasteiger partial charge in [0.1, 0.15) is 0 Å². The number of carbonyl (C=O) groups is 2. The molecule has 120 valence electrons. The molecule has 23 heavy (non-hydrogen) atoms. The Hall–Kier alpha value is -2.63. The Morgan fingerprint density at radius 1 is 1.22 bits per heavy atom. The summed E-state index contributed by atoms with van der Waals surface area (Å²) < 4.78 is 0. The number of piperidine rings is 1. The molecular formula is C17H18N2O4. The molecule has 1 fully saturated rings. The zero-order chi connectivity index (χ0) is 16.6. The Morgan fingerprint density at radius 3 is 2.74 bits per heavy atom. The van der Waals surface area contributed by atoms with Crippen molar-refractivity contribution in [2.75, 3.05) is 6.54 Å². The number of carbonyl (C=O) groups excluding carboxylic acids is 1. The third-order valence-corrected chi connectivity index (χ3v) is 4.39. The normalized spacial score (nSPS) is 21.3. The van der Waals surface area contributed by atoms with E-state index in [0.29, 0.717) is 6.54 Å². The molecule has 1 aliphatic rings. The molecule has 0 spiro atoms. The van der Waals surface area contributed by atoms with Gasteiger partial charge in [-0.05, 0) is 47.9 Å². The highest BCUT2D eigenvalue weighted by molar-refractivity contribution is 6.31. The molecule has 6 nitrogen and oxygen atoms in total. The number of pyridine rings is 1. The molecule has 1 aromatic carbocycles. The Balaban J connectivity index is 2.00. The van der Waals surface area contributed by atoms with Crippen molar-refractivity contribution >= 4 is 22.8 Å². The molecule has 2 N–H and O–H groups in total. The number of hydrogen-bond acceptors (Lipinski definition) is 3. The van der Waals surface area contributed by atoms with Crippen LogP contribution >= 0.6 is 0 Å². The summed E-state index contributed by atoms with van der Waals surface area (Å²) in [7, 11) is 0. The standard InChI is InChI=1S/C17H18N2O4/c1-10-2-6-14(19(9-10)16(21)17(22)23)12-3-5-13-11(8-12)4-7-15(20)18-13/h3-5,7-8,10,14H,2,6,9H2,1H3,(H,18,20)(H,22,23). The van der Waals surface area contributed by atoms with E-state index in [1.165, 1.54) is 11.0 Å². The third-order valence-electron chi connectivity index (χ3n) is 4.39. The second-order valence-corrected chi connectivity index (χ2v) is 6.13. The van der Waals surface area contributed by atoms with Gasteiger partial charge in [-0.15, -0.1) is 0 Å². The van der Waals surface area contributed by atoms with E-state index in [1.807, 2.05) is 19.1 Å². The van der Waals surface area contributed by atoms with Crippen molar-refractivity contribution in [1.82, 2.24) is 9.88 Å². The molecule has 0 radical (unpaired) electrons. The maximum atomic E-state index is 12.0. The second kappa shape index (κ2) is 5.87. The van der Waals surface area contributed by atoms with Gasteiger partial charge in [-0.3, -0.25) is 9.59 Å². The molecule has 1 aromatic heterocycles. The van der Waals surface area contributed by atoms with Gasteiger partial charge in [0.05, 0.1) is 6.04 Å². The van der Waals surface area contributed by atoms with Crippen LogP contribution in [0, 0.1) is 5.92 Å². The van der Waals surface area contributed by atoms with Crippen LogP contribution in [0.15, 0.2) is 35.1 Å². The minimum absolute atomic E-state index is 0.167. The summed E-state index contributed by atoms with van der Waals surface area (Å²) in [4.78, 5) is 38.7. The fourth-order valence-corrected chi connectivity index (χ4v) is 3.23. The summed E-state index contributed by atoms with van der Waals surface area (Å²) in [5.41, 5.74) is 1.45. The van der Waals surface area contributed by atoms with Crippen molar-refractivity contribution in [3.63, 3.8) is 0 Å². The van der Waals surface area contributed by atoms with Crippen LogP contribution in [0.25, 0.3) is 10.9 Å². The molecule has 2 heterocycles. The van der Waals surface area contributed by atoms with E-state index in [2.05, 4.69) is 4.98 Å².